The van der Waals surface area contributed by atoms with Crippen LogP contribution in [0.1, 0.15) is 19.3 Å². The van der Waals surface area contributed by atoms with Crippen LogP contribution in [0.3, 0.4) is 0 Å². The molecule has 0 spiro atoms. The average Bonchev–Trinajstić information content (AvgIpc) is 3.40. The zero-order valence-electron chi connectivity index (χ0n) is 16.4. The van der Waals surface area contributed by atoms with Gasteiger partial charge in [-0.1, -0.05) is 18.6 Å². The summed E-state index contributed by atoms with van der Waals surface area (Å²) in [5.41, 5.74) is 2.15. The molecule has 6 nitrogen and oxygen atoms in total. The molecule has 154 valence electrons. The Morgan fingerprint density at radius 3 is 2.31 bits per heavy atom. The van der Waals surface area contributed by atoms with Crippen molar-refractivity contribution in [3.8, 4) is 11.1 Å². The van der Waals surface area contributed by atoms with Crippen LogP contribution in [-0.2, 0) is 10.0 Å². The topological polar surface area (TPSA) is 56.2 Å². The van der Waals surface area contributed by atoms with Crippen molar-refractivity contribution in [2.24, 2.45) is 4.99 Å². The highest BCUT2D eigenvalue weighted by molar-refractivity contribution is 7.89. The summed E-state index contributed by atoms with van der Waals surface area (Å²) < 4.78 is 28.2. The van der Waals surface area contributed by atoms with Crippen molar-refractivity contribution in [1.29, 1.82) is 0 Å². The number of nitrogens with zero attached hydrogens (tertiary/aromatic N) is 4. The van der Waals surface area contributed by atoms with Gasteiger partial charge in [0.25, 0.3) is 10.0 Å². The summed E-state index contributed by atoms with van der Waals surface area (Å²) in [6, 6.07) is 9.99. The fraction of sp³-hybridized carbons (Fsp3) is 0.476. The molecule has 0 N–H and O–H groups in total. The van der Waals surface area contributed by atoms with Gasteiger partial charge < -0.3 is 4.90 Å². The van der Waals surface area contributed by atoms with E-state index in [-0.39, 0.29) is 0 Å². The number of hydrogen-bond donors (Lipinski definition) is 0. The van der Waals surface area contributed by atoms with Gasteiger partial charge in [-0.25, -0.2) is 12.7 Å². The SMILES string of the molecule is O=S(=O)(c1ccc(-c2ccsc2)cc1)N1CCN=C1N1CCN(C2CCC2)CC1. The van der Waals surface area contributed by atoms with E-state index < -0.39 is 10.0 Å². The van der Waals surface area contributed by atoms with Gasteiger partial charge in [0, 0.05) is 32.2 Å². The van der Waals surface area contributed by atoms with Gasteiger partial charge in [0.15, 0.2) is 0 Å². The summed E-state index contributed by atoms with van der Waals surface area (Å²) >= 11 is 1.64. The summed E-state index contributed by atoms with van der Waals surface area (Å²) in [5, 5.41) is 4.09. The molecule has 8 heteroatoms. The molecule has 0 atom stereocenters. The molecule has 0 radical (unpaired) electrons. The maximum Gasteiger partial charge on any atom is 0.266 e. The minimum atomic E-state index is -3.60. The van der Waals surface area contributed by atoms with E-state index in [9.17, 15) is 8.42 Å². The fourth-order valence-corrected chi connectivity index (χ4v) is 6.43. The second-order valence-corrected chi connectivity index (χ2v) is 10.5. The summed E-state index contributed by atoms with van der Waals surface area (Å²) in [7, 11) is -3.60. The minimum absolute atomic E-state index is 0.333. The van der Waals surface area contributed by atoms with Gasteiger partial charge in [0.05, 0.1) is 18.0 Å². The van der Waals surface area contributed by atoms with E-state index >= 15 is 0 Å². The number of aliphatic imine (C=N–C) groups is 1. The Labute approximate surface area is 176 Å². The number of hydrogen-bond acceptors (Lipinski definition) is 6. The van der Waals surface area contributed by atoms with E-state index in [2.05, 4.69) is 20.2 Å². The summed E-state index contributed by atoms with van der Waals surface area (Å²) in [6.07, 6.45) is 3.96. The van der Waals surface area contributed by atoms with Crippen molar-refractivity contribution in [2.75, 3.05) is 39.3 Å². The van der Waals surface area contributed by atoms with Crippen LogP contribution in [0.4, 0.5) is 0 Å². The van der Waals surface area contributed by atoms with E-state index in [0.29, 0.717) is 23.9 Å². The normalized spacial score (nSPS) is 21.3. The summed E-state index contributed by atoms with van der Waals surface area (Å²) in [6.45, 7) is 4.63. The lowest BCUT2D eigenvalue weighted by Gasteiger charge is -2.44. The molecule has 1 aromatic heterocycles. The quantitative estimate of drug-likeness (QED) is 0.748. The standard InChI is InChI=1S/C21H26N4O2S2/c26-29(27,20-6-4-17(5-7-20)18-8-15-28-16-18)25-10-9-22-21(25)24-13-11-23(12-14-24)19-2-1-3-19/h4-8,15-16,19H,1-3,9-14H2. The molecule has 0 unspecified atom stereocenters. The van der Waals surface area contributed by atoms with Gasteiger partial charge in [-0.3, -0.25) is 9.89 Å². The van der Waals surface area contributed by atoms with Gasteiger partial charge in [-0.05, 0) is 52.9 Å². The van der Waals surface area contributed by atoms with Crippen LogP contribution >= 0.6 is 11.3 Å². The molecule has 1 aromatic carbocycles. The van der Waals surface area contributed by atoms with E-state index in [0.717, 1.165) is 43.3 Å². The maximum absolute atomic E-state index is 13.3. The Balaban J connectivity index is 1.31. The smallest absolute Gasteiger partial charge is 0.266 e. The molecule has 29 heavy (non-hydrogen) atoms. The fourth-order valence-electron chi connectivity index (χ4n) is 4.32. The first-order chi connectivity index (χ1) is 14.1. The van der Waals surface area contributed by atoms with Crippen molar-refractivity contribution in [2.45, 2.75) is 30.2 Å². The first-order valence-electron chi connectivity index (χ1n) is 10.3. The number of benzene rings is 1. The largest absolute Gasteiger partial charge is 0.339 e. The van der Waals surface area contributed by atoms with Crippen LogP contribution in [0.2, 0.25) is 0 Å². The van der Waals surface area contributed by atoms with Gasteiger partial charge in [-0.15, -0.1) is 0 Å². The molecular weight excluding hydrogens is 404 g/mol. The van der Waals surface area contributed by atoms with Crippen LogP contribution in [0, 0.1) is 0 Å². The molecule has 2 aliphatic heterocycles. The monoisotopic (exact) mass is 430 g/mol. The van der Waals surface area contributed by atoms with E-state index in [1.54, 1.807) is 23.5 Å². The number of piperazine rings is 1. The summed E-state index contributed by atoms with van der Waals surface area (Å²) in [4.78, 5) is 9.60. The number of sulfonamides is 1. The van der Waals surface area contributed by atoms with Crippen LogP contribution in [0.25, 0.3) is 11.1 Å². The van der Waals surface area contributed by atoms with Crippen molar-refractivity contribution in [3.05, 3.63) is 41.1 Å². The van der Waals surface area contributed by atoms with E-state index in [1.807, 2.05) is 23.6 Å². The number of guanidine groups is 1. The zero-order chi connectivity index (χ0) is 19.8. The third kappa shape index (κ3) is 3.58. The third-order valence-corrected chi connectivity index (χ3v) is 8.74. The number of thiophene rings is 1. The Hall–Kier alpha value is -1.90. The lowest BCUT2D eigenvalue weighted by molar-refractivity contribution is 0.0833. The van der Waals surface area contributed by atoms with Crippen molar-refractivity contribution in [1.82, 2.24) is 14.1 Å². The Morgan fingerprint density at radius 2 is 1.69 bits per heavy atom. The number of rotatable bonds is 4. The molecule has 1 saturated heterocycles. The van der Waals surface area contributed by atoms with Crippen molar-refractivity contribution in [3.63, 3.8) is 0 Å². The van der Waals surface area contributed by atoms with Crippen molar-refractivity contribution < 1.29 is 8.42 Å². The van der Waals surface area contributed by atoms with Crippen molar-refractivity contribution >= 4 is 27.3 Å². The third-order valence-electron chi connectivity index (χ3n) is 6.26. The van der Waals surface area contributed by atoms with E-state index in [1.165, 1.54) is 23.6 Å². The molecule has 3 aliphatic rings. The molecule has 1 aliphatic carbocycles. The Bertz CT molecular complexity index is 974. The molecule has 1 saturated carbocycles. The first-order valence-corrected chi connectivity index (χ1v) is 12.7. The van der Waals surface area contributed by atoms with Crippen LogP contribution in [-0.4, -0.2) is 73.8 Å². The highest BCUT2D eigenvalue weighted by Crippen LogP contribution is 2.28. The lowest BCUT2D eigenvalue weighted by atomic mass is 9.91. The van der Waals surface area contributed by atoms with Gasteiger partial charge in [0.2, 0.25) is 5.96 Å². The van der Waals surface area contributed by atoms with Crippen LogP contribution in [0.15, 0.2) is 51.0 Å². The Kier molecular flexibility index (Phi) is 5.09. The molecular formula is C21H26N4O2S2. The molecule has 3 heterocycles. The lowest BCUT2D eigenvalue weighted by Crippen LogP contribution is -2.56. The molecule has 2 aromatic rings. The molecule has 0 bridgehead atoms. The Morgan fingerprint density at radius 1 is 0.931 bits per heavy atom. The predicted molar refractivity (Wildman–Crippen MR) is 117 cm³/mol. The van der Waals surface area contributed by atoms with Crippen LogP contribution in [0.5, 0.6) is 0 Å². The van der Waals surface area contributed by atoms with Gasteiger partial charge in [0.1, 0.15) is 0 Å². The molecule has 5 rings (SSSR count). The second kappa shape index (κ2) is 7.74. The second-order valence-electron chi connectivity index (χ2n) is 7.90. The maximum atomic E-state index is 13.3. The van der Waals surface area contributed by atoms with Gasteiger partial charge in [-0.2, -0.15) is 11.3 Å². The first kappa shape index (κ1) is 19.1. The minimum Gasteiger partial charge on any atom is -0.339 e. The average molecular weight is 431 g/mol. The summed E-state index contributed by atoms with van der Waals surface area (Å²) in [5.74, 6) is 0.625. The highest BCUT2D eigenvalue weighted by atomic mass is 32.2. The highest BCUT2D eigenvalue weighted by Gasteiger charge is 2.36. The molecule has 2 fully saturated rings. The van der Waals surface area contributed by atoms with Gasteiger partial charge >= 0.3 is 0 Å². The molecule has 0 amide bonds. The van der Waals surface area contributed by atoms with E-state index in [4.69, 9.17) is 0 Å². The van der Waals surface area contributed by atoms with Crippen LogP contribution < -0.4 is 0 Å². The predicted octanol–water partition coefficient (Wildman–Crippen LogP) is 2.95. The zero-order valence-corrected chi connectivity index (χ0v) is 18.0.